The number of methoxy groups -OCH3 is 1. The summed E-state index contributed by atoms with van der Waals surface area (Å²) in [5, 5.41) is 17.0. The van der Waals surface area contributed by atoms with Crippen LogP contribution in [0.25, 0.3) is 33.3 Å². The second kappa shape index (κ2) is 21.2. The van der Waals surface area contributed by atoms with Gasteiger partial charge in [0.15, 0.2) is 5.60 Å². The molecule has 6 bridgehead atoms. The van der Waals surface area contributed by atoms with Gasteiger partial charge in [0.1, 0.15) is 18.1 Å². The highest BCUT2D eigenvalue weighted by Crippen LogP contribution is 2.41. The summed E-state index contributed by atoms with van der Waals surface area (Å²) in [5.74, 6) is 2.09. The van der Waals surface area contributed by atoms with E-state index in [2.05, 4.69) is 71.1 Å². The molecule has 3 N–H and O–H groups in total. The van der Waals surface area contributed by atoms with Gasteiger partial charge in [-0.15, -0.1) is 0 Å². The molecular formula is C52H67N9O8. The lowest BCUT2D eigenvalue weighted by Crippen LogP contribution is -2.63. The zero-order valence-corrected chi connectivity index (χ0v) is 41.4. The van der Waals surface area contributed by atoms with Crippen LogP contribution in [0.15, 0.2) is 55.0 Å². The summed E-state index contributed by atoms with van der Waals surface area (Å²) in [5.41, 5.74) is 8.04. The number of likely N-dealkylation sites (tertiary alicyclic amines) is 1. The lowest BCUT2D eigenvalue weighted by atomic mass is 9.84. The number of aliphatic hydroxyl groups is 1. The highest BCUT2D eigenvalue weighted by Gasteiger charge is 2.48. The summed E-state index contributed by atoms with van der Waals surface area (Å²) in [6, 6.07) is 9.04. The monoisotopic (exact) mass is 946 g/mol. The molecule has 7 rings (SSSR count). The van der Waals surface area contributed by atoms with E-state index >= 15 is 0 Å². The average Bonchev–Trinajstić information content (AvgIpc) is 3.87. The normalized spacial score (nSPS) is 21.1. The molecule has 3 aliphatic rings. The number of benzene rings is 1. The quantitative estimate of drug-likeness (QED) is 0.155. The van der Waals surface area contributed by atoms with Gasteiger partial charge < -0.3 is 34.3 Å². The van der Waals surface area contributed by atoms with Crippen LogP contribution in [0.2, 0.25) is 0 Å². The molecule has 0 aliphatic carbocycles. The molecule has 1 aromatic carbocycles. The van der Waals surface area contributed by atoms with Crippen LogP contribution in [0.1, 0.15) is 70.7 Å². The van der Waals surface area contributed by atoms with Crippen molar-refractivity contribution in [3.63, 3.8) is 0 Å². The molecule has 2 saturated heterocycles. The van der Waals surface area contributed by atoms with Crippen molar-refractivity contribution in [3.8, 4) is 34.2 Å². The Morgan fingerprint density at radius 3 is 2.57 bits per heavy atom. The van der Waals surface area contributed by atoms with Crippen LogP contribution in [-0.2, 0) is 59.4 Å². The zero-order valence-electron chi connectivity index (χ0n) is 41.4. The Bertz CT molecular complexity index is 2650. The largest absolute Gasteiger partial charge is 0.464 e. The van der Waals surface area contributed by atoms with E-state index in [0.29, 0.717) is 44.7 Å². The van der Waals surface area contributed by atoms with Crippen LogP contribution < -0.4 is 10.7 Å². The van der Waals surface area contributed by atoms with Gasteiger partial charge in [-0.3, -0.25) is 43.8 Å². The van der Waals surface area contributed by atoms with E-state index in [0.717, 1.165) is 44.4 Å². The highest BCUT2D eigenvalue weighted by atomic mass is 16.5. The molecule has 17 nitrogen and oxygen atoms in total. The fourth-order valence-electron chi connectivity index (χ4n) is 9.85. The molecule has 368 valence electrons. The Morgan fingerprint density at radius 2 is 1.84 bits per heavy atom. The first-order chi connectivity index (χ1) is 32.8. The highest BCUT2D eigenvalue weighted by molar-refractivity contribution is 5.98. The van der Waals surface area contributed by atoms with Gasteiger partial charge in [-0.05, 0) is 105 Å². The van der Waals surface area contributed by atoms with Crippen LogP contribution in [0.4, 0.5) is 0 Å². The number of hydrogen-bond acceptors (Lipinski definition) is 12. The minimum atomic E-state index is -1.95. The number of fused-ring (bicyclic) bond motifs is 6. The molecule has 0 unspecified atom stereocenters. The van der Waals surface area contributed by atoms with Crippen LogP contribution in [0.5, 0.6) is 0 Å². The van der Waals surface area contributed by atoms with E-state index in [-0.39, 0.29) is 39.1 Å². The van der Waals surface area contributed by atoms with Crippen LogP contribution in [0, 0.1) is 23.2 Å². The van der Waals surface area contributed by atoms with Crippen LogP contribution >= 0.6 is 0 Å². The number of carbonyl (C=O) groups excluding carboxylic acids is 5. The lowest BCUT2D eigenvalue weighted by Gasteiger charge is -2.37. The number of aromatic nitrogens is 3. The van der Waals surface area contributed by atoms with E-state index in [1.165, 1.54) is 21.9 Å². The second-order valence-electron chi connectivity index (χ2n) is 20.0. The number of nitrogens with one attached hydrogen (secondary N) is 2. The predicted octanol–water partition coefficient (Wildman–Crippen LogP) is 3.59. The lowest BCUT2D eigenvalue weighted by molar-refractivity contribution is -0.156. The number of pyridine rings is 2. The smallest absolute Gasteiger partial charge is 0.324 e. The molecular weight excluding hydrogens is 879 g/mol. The molecule has 4 aromatic rings. The number of likely N-dealkylation sites (N-methyl/N-ethyl adjacent to an activating group) is 1. The summed E-state index contributed by atoms with van der Waals surface area (Å²) in [6.45, 7) is 11.5. The summed E-state index contributed by atoms with van der Waals surface area (Å²) >= 11 is 0. The molecule has 2 fully saturated rings. The first-order valence-corrected chi connectivity index (χ1v) is 23.8. The number of carbonyl (C=O) groups is 5. The molecule has 6 heterocycles. The first kappa shape index (κ1) is 50.7. The number of rotatable bonds is 10. The number of ether oxygens (including phenoxy) is 2. The SMILES string of the molecule is CCn1c(-c2cnccc2COC)c2c3cc(ccc31)-c1ccnc(c1)C[C@H](NC(=O)[C@H](C(C)C)N(C)C(=O)[C@@]1(O)CCN(C(=O)C#CCN(C)C)C1)C(=O)N1CCC[C@H](N1)C(=O)OCC(C)(C)C2. The van der Waals surface area contributed by atoms with Crippen molar-refractivity contribution in [2.24, 2.45) is 11.3 Å². The fraction of sp³-hybridized carbons (Fsp3) is 0.519. The maximum Gasteiger partial charge on any atom is 0.324 e. The summed E-state index contributed by atoms with van der Waals surface area (Å²) in [4.78, 5) is 83.9. The van der Waals surface area contributed by atoms with Gasteiger partial charge in [0.25, 0.3) is 17.7 Å². The molecule has 0 saturated carbocycles. The maximum atomic E-state index is 14.7. The molecule has 4 atom stereocenters. The number of hydrogen-bond donors (Lipinski definition) is 3. The molecule has 69 heavy (non-hydrogen) atoms. The summed E-state index contributed by atoms with van der Waals surface area (Å²) in [6.07, 6.45) is 6.78. The van der Waals surface area contributed by atoms with Crippen molar-refractivity contribution in [3.05, 3.63) is 71.8 Å². The van der Waals surface area contributed by atoms with Gasteiger partial charge in [0, 0.05) is 92.8 Å². The molecule has 3 aliphatic heterocycles. The maximum absolute atomic E-state index is 14.7. The van der Waals surface area contributed by atoms with Crippen molar-refractivity contribution < 1.29 is 38.6 Å². The van der Waals surface area contributed by atoms with Gasteiger partial charge in [-0.1, -0.05) is 39.7 Å². The molecule has 0 spiro atoms. The number of esters is 1. The average molecular weight is 946 g/mol. The van der Waals surface area contributed by atoms with Gasteiger partial charge in [0.05, 0.1) is 32.0 Å². The molecule has 3 aromatic heterocycles. The Hall–Kier alpha value is -6.19. The first-order valence-electron chi connectivity index (χ1n) is 23.8. The van der Waals surface area contributed by atoms with Crippen molar-refractivity contribution in [2.45, 2.75) is 104 Å². The Kier molecular flexibility index (Phi) is 15.6. The minimum absolute atomic E-state index is 0.0224. The van der Waals surface area contributed by atoms with Crippen LogP contribution in [0.3, 0.4) is 0 Å². The van der Waals surface area contributed by atoms with Gasteiger partial charge in [-0.2, -0.15) is 0 Å². The third-order valence-electron chi connectivity index (χ3n) is 13.3. The number of amides is 4. The number of cyclic esters (lactones) is 1. The van der Waals surface area contributed by atoms with Crippen molar-refractivity contribution in [1.29, 1.82) is 0 Å². The van der Waals surface area contributed by atoms with Crippen molar-refractivity contribution in [1.82, 2.24) is 45.0 Å². The molecule has 0 radical (unpaired) electrons. The van der Waals surface area contributed by atoms with Crippen LogP contribution in [-0.4, -0.2) is 154 Å². The molecule has 4 amide bonds. The minimum Gasteiger partial charge on any atom is -0.464 e. The fourth-order valence-corrected chi connectivity index (χ4v) is 9.85. The van der Waals surface area contributed by atoms with Gasteiger partial charge >= 0.3 is 5.97 Å². The number of aryl methyl sites for hydroxylation is 1. The third-order valence-corrected chi connectivity index (χ3v) is 13.3. The predicted molar refractivity (Wildman–Crippen MR) is 261 cm³/mol. The van der Waals surface area contributed by atoms with Crippen molar-refractivity contribution in [2.75, 3.05) is 61.0 Å². The Morgan fingerprint density at radius 1 is 1.07 bits per heavy atom. The van der Waals surface area contributed by atoms with E-state index < -0.39 is 64.7 Å². The van der Waals surface area contributed by atoms with Gasteiger partial charge in [-0.25, -0.2) is 5.43 Å². The molecule has 17 heteroatoms. The topological polar surface area (TPSA) is 192 Å². The standard InChI is InChI=1S/C52H67N9O8/c1-10-60-43-16-15-34-26-38(43)39(46(60)40-29-53-20-17-36(40)30-68-9)28-51(4,5)32-69-49(65)41-13-11-23-61(56-41)48(64)42(27-37-25-35(34)18-21-54-37)55-47(63)45(33(2)3)58(8)50(66)52(67)19-24-59(31-52)44(62)14-12-22-57(6)7/h15-18,20-21,25-26,29,33,41-42,45,56,67H,10-11,13,19,22-24,27-28,30-32H2,1-9H3,(H,55,63)/t41-,42-,45-,52+/m0/s1. The number of nitrogens with zero attached hydrogens (tertiary/aromatic N) is 7. The zero-order chi connectivity index (χ0) is 49.8. The van der Waals surface area contributed by atoms with E-state index in [9.17, 15) is 29.1 Å². The van der Waals surface area contributed by atoms with Gasteiger partial charge in [0.2, 0.25) is 5.91 Å². The summed E-state index contributed by atoms with van der Waals surface area (Å²) in [7, 11) is 6.79. The Labute approximate surface area is 404 Å². The number of hydrazine groups is 1. The van der Waals surface area contributed by atoms with E-state index in [1.54, 1.807) is 33.4 Å². The third kappa shape index (κ3) is 11.2. The van der Waals surface area contributed by atoms with Crippen molar-refractivity contribution >= 4 is 40.5 Å². The van der Waals surface area contributed by atoms with E-state index in [4.69, 9.17) is 14.5 Å². The second-order valence-corrected chi connectivity index (χ2v) is 20.0. The Balaban J connectivity index is 1.24. The van der Waals surface area contributed by atoms with E-state index in [1.807, 2.05) is 43.4 Å². The summed E-state index contributed by atoms with van der Waals surface area (Å²) < 4.78 is 14.0. The number of β-amino-alcohol motifs (C(OH)–C–C–N with tert-alkyl or cyclic N) is 1.